The average Bonchev–Trinajstić information content (AvgIpc) is 2.45. The van der Waals surface area contributed by atoms with E-state index in [0.29, 0.717) is 10.0 Å². The van der Waals surface area contributed by atoms with Gasteiger partial charge >= 0.3 is 0 Å². The highest BCUT2D eigenvalue weighted by atomic mass is 35.5. The van der Waals surface area contributed by atoms with Crippen LogP contribution in [0.2, 0.25) is 10.0 Å². The molecule has 0 aliphatic heterocycles. The van der Waals surface area contributed by atoms with Crippen LogP contribution in [0.1, 0.15) is 36.1 Å². The average molecular weight is 309 g/mol. The van der Waals surface area contributed by atoms with E-state index in [9.17, 15) is 0 Å². The van der Waals surface area contributed by atoms with Crippen LogP contribution in [0.3, 0.4) is 0 Å². The molecule has 2 aromatic carbocycles. The van der Waals surface area contributed by atoms with Crippen LogP contribution in [0.4, 0.5) is 0 Å². The lowest BCUT2D eigenvalue weighted by Gasteiger charge is -2.19. The number of hydrogen-bond acceptors (Lipinski definition) is 2. The van der Waals surface area contributed by atoms with Gasteiger partial charge in [0.2, 0.25) is 0 Å². The van der Waals surface area contributed by atoms with Crippen LogP contribution in [-0.2, 0) is 6.42 Å². The highest BCUT2D eigenvalue weighted by molar-refractivity contribution is 6.42. The first-order valence-corrected chi connectivity index (χ1v) is 7.41. The summed E-state index contributed by atoms with van der Waals surface area (Å²) in [5, 5.41) is 1.08. The second-order valence-corrected chi connectivity index (χ2v) is 5.52. The summed E-state index contributed by atoms with van der Waals surface area (Å²) in [6.07, 6.45) is 2.16. The molecule has 0 amide bonds. The van der Waals surface area contributed by atoms with Gasteiger partial charge in [-0.25, -0.2) is 5.43 Å². The fourth-order valence-electron chi connectivity index (χ4n) is 2.33. The Bertz CT molecular complexity index is 584. The lowest BCUT2D eigenvalue weighted by atomic mass is 9.96. The van der Waals surface area contributed by atoms with Gasteiger partial charge in [-0.3, -0.25) is 5.84 Å². The van der Waals surface area contributed by atoms with Gasteiger partial charge in [0, 0.05) is 0 Å². The van der Waals surface area contributed by atoms with Crippen LogP contribution in [0.15, 0.2) is 42.5 Å². The zero-order valence-electron chi connectivity index (χ0n) is 11.4. The van der Waals surface area contributed by atoms with Crippen LogP contribution < -0.4 is 11.3 Å². The molecule has 2 nitrogen and oxygen atoms in total. The fraction of sp³-hybridized carbons (Fsp3) is 0.250. The molecule has 0 aliphatic carbocycles. The molecule has 2 rings (SSSR count). The summed E-state index contributed by atoms with van der Waals surface area (Å²) in [6, 6.07) is 13.8. The van der Waals surface area contributed by atoms with Crippen LogP contribution >= 0.6 is 23.2 Å². The van der Waals surface area contributed by atoms with E-state index in [0.717, 1.165) is 24.0 Å². The van der Waals surface area contributed by atoms with Crippen molar-refractivity contribution < 1.29 is 0 Å². The minimum atomic E-state index is -0.169. The monoisotopic (exact) mass is 308 g/mol. The van der Waals surface area contributed by atoms with Crippen molar-refractivity contribution in [1.82, 2.24) is 5.43 Å². The van der Waals surface area contributed by atoms with Crippen LogP contribution in [-0.4, -0.2) is 0 Å². The van der Waals surface area contributed by atoms with Crippen molar-refractivity contribution in [3.8, 4) is 0 Å². The molecular formula is C16H18Cl2N2. The maximum Gasteiger partial charge on any atom is 0.0725 e. The highest BCUT2D eigenvalue weighted by Crippen LogP contribution is 2.33. The Balaban J connectivity index is 2.41. The van der Waals surface area contributed by atoms with Crippen molar-refractivity contribution in [3.63, 3.8) is 0 Å². The second-order valence-electron chi connectivity index (χ2n) is 4.74. The first-order chi connectivity index (χ1) is 9.67. The van der Waals surface area contributed by atoms with Crippen molar-refractivity contribution in [2.75, 3.05) is 0 Å². The lowest BCUT2D eigenvalue weighted by Crippen LogP contribution is -2.29. The molecule has 1 unspecified atom stereocenters. The number of hydrogen-bond donors (Lipinski definition) is 2. The number of rotatable bonds is 5. The Kier molecular flexibility index (Phi) is 5.44. The predicted molar refractivity (Wildman–Crippen MR) is 86.1 cm³/mol. The zero-order valence-corrected chi connectivity index (χ0v) is 12.9. The Labute approximate surface area is 129 Å². The molecule has 0 radical (unpaired) electrons. The SMILES string of the molecule is CCCc1cccc(C(NN)c2cccc(Cl)c2Cl)c1. The third kappa shape index (κ3) is 3.33. The Hall–Kier alpha value is -1.06. The van der Waals surface area contributed by atoms with Gasteiger partial charge in [-0.15, -0.1) is 0 Å². The van der Waals surface area contributed by atoms with E-state index in [1.54, 1.807) is 6.07 Å². The number of halogens is 2. The third-order valence-electron chi connectivity index (χ3n) is 3.28. The minimum Gasteiger partial charge on any atom is -0.271 e. The fourth-order valence-corrected chi connectivity index (χ4v) is 2.74. The molecule has 0 saturated heterocycles. The number of hydrazine groups is 1. The number of benzene rings is 2. The first kappa shape index (κ1) is 15.3. The molecule has 106 valence electrons. The van der Waals surface area contributed by atoms with Gasteiger partial charge in [-0.1, -0.05) is 72.9 Å². The van der Waals surface area contributed by atoms with Crippen LogP contribution in [0.5, 0.6) is 0 Å². The molecule has 0 fully saturated rings. The molecular weight excluding hydrogens is 291 g/mol. The largest absolute Gasteiger partial charge is 0.271 e. The number of nitrogens with one attached hydrogen (secondary N) is 1. The van der Waals surface area contributed by atoms with Crippen molar-refractivity contribution in [3.05, 3.63) is 69.2 Å². The predicted octanol–water partition coefficient (Wildman–Crippen LogP) is 4.50. The summed E-state index contributed by atoms with van der Waals surface area (Å²) in [5.41, 5.74) is 6.09. The smallest absolute Gasteiger partial charge is 0.0725 e. The van der Waals surface area contributed by atoms with Gasteiger partial charge in [-0.2, -0.15) is 0 Å². The van der Waals surface area contributed by atoms with Gasteiger partial charge in [-0.05, 0) is 29.2 Å². The van der Waals surface area contributed by atoms with Gasteiger partial charge in [0.1, 0.15) is 0 Å². The van der Waals surface area contributed by atoms with E-state index >= 15 is 0 Å². The molecule has 0 spiro atoms. The number of nitrogens with two attached hydrogens (primary N) is 1. The van der Waals surface area contributed by atoms with E-state index < -0.39 is 0 Å². The second kappa shape index (κ2) is 7.09. The molecule has 0 aliphatic rings. The summed E-state index contributed by atoms with van der Waals surface area (Å²) in [6.45, 7) is 2.17. The van der Waals surface area contributed by atoms with Crippen LogP contribution in [0.25, 0.3) is 0 Å². The number of aryl methyl sites for hydroxylation is 1. The molecule has 0 bridgehead atoms. The molecule has 3 N–H and O–H groups in total. The maximum atomic E-state index is 6.29. The standard InChI is InChI=1S/C16H18Cl2N2/c1-2-5-11-6-3-7-12(10-11)16(20-19)13-8-4-9-14(17)15(13)18/h3-4,6-10,16,20H,2,5,19H2,1H3. The van der Waals surface area contributed by atoms with E-state index in [-0.39, 0.29) is 6.04 Å². The van der Waals surface area contributed by atoms with Crippen molar-refractivity contribution in [2.45, 2.75) is 25.8 Å². The van der Waals surface area contributed by atoms with E-state index in [1.807, 2.05) is 24.3 Å². The van der Waals surface area contributed by atoms with Crippen LogP contribution in [0, 0.1) is 0 Å². The molecule has 20 heavy (non-hydrogen) atoms. The third-order valence-corrected chi connectivity index (χ3v) is 4.12. The molecule has 0 aromatic heterocycles. The summed E-state index contributed by atoms with van der Waals surface area (Å²) in [5.74, 6) is 5.73. The van der Waals surface area contributed by atoms with Crippen molar-refractivity contribution in [2.24, 2.45) is 5.84 Å². The Morgan fingerprint density at radius 2 is 1.90 bits per heavy atom. The molecule has 4 heteroatoms. The quantitative estimate of drug-likeness (QED) is 0.630. The Morgan fingerprint density at radius 3 is 2.60 bits per heavy atom. The van der Waals surface area contributed by atoms with Gasteiger partial charge in [0.15, 0.2) is 0 Å². The topological polar surface area (TPSA) is 38.0 Å². The van der Waals surface area contributed by atoms with E-state index in [1.165, 1.54) is 5.56 Å². The molecule has 2 aromatic rings. The zero-order chi connectivity index (χ0) is 14.5. The summed E-state index contributed by atoms with van der Waals surface area (Å²) in [4.78, 5) is 0. The van der Waals surface area contributed by atoms with Gasteiger partial charge in [0.05, 0.1) is 16.1 Å². The van der Waals surface area contributed by atoms with Gasteiger partial charge < -0.3 is 0 Å². The summed E-state index contributed by atoms with van der Waals surface area (Å²) < 4.78 is 0. The maximum absolute atomic E-state index is 6.29. The minimum absolute atomic E-state index is 0.169. The van der Waals surface area contributed by atoms with Gasteiger partial charge in [0.25, 0.3) is 0 Å². The summed E-state index contributed by atoms with van der Waals surface area (Å²) >= 11 is 12.4. The van der Waals surface area contributed by atoms with Crippen molar-refractivity contribution >= 4 is 23.2 Å². The Morgan fingerprint density at radius 1 is 1.15 bits per heavy atom. The summed E-state index contributed by atoms with van der Waals surface area (Å²) in [7, 11) is 0. The molecule has 1 atom stereocenters. The molecule has 0 saturated carbocycles. The first-order valence-electron chi connectivity index (χ1n) is 6.66. The van der Waals surface area contributed by atoms with E-state index in [2.05, 4.69) is 24.5 Å². The normalized spacial score (nSPS) is 12.4. The molecule has 0 heterocycles. The lowest BCUT2D eigenvalue weighted by molar-refractivity contribution is 0.636. The van der Waals surface area contributed by atoms with Crippen molar-refractivity contribution in [1.29, 1.82) is 0 Å². The van der Waals surface area contributed by atoms with E-state index in [4.69, 9.17) is 29.0 Å². The highest BCUT2D eigenvalue weighted by Gasteiger charge is 2.17.